The Labute approximate surface area is 255 Å². The van der Waals surface area contributed by atoms with Gasteiger partial charge in [-0.15, -0.1) is 0 Å². The van der Waals surface area contributed by atoms with Crippen LogP contribution in [-0.4, -0.2) is 102 Å². The summed E-state index contributed by atoms with van der Waals surface area (Å²) in [5.74, 6) is 0. The first-order valence-corrected chi connectivity index (χ1v) is 17.0. The van der Waals surface area contributed by atoms with Crippen molar-refractivity contribution in [2.75, 3.05) is 19.6 Å². The second kappa shape index (κ2) is 14.2. The van der Waals surface area contributed by atoms with Gasteiger partial charge in [0.2, 0.25) is 0 Å². The number of hydrogen-bond acceptors (Lipinski definition) is 6. The molecule has 6 heteroatoms. The summed E-state index contributed by atoms with van der Waals surface area (Å²) >= 11 is 0. The molecule has 6 nitrogen and oxygen atoms in total. The van der Waals surface area contributed by atoms with Gasteiger partial charge in [0.25, 0.3) is 0 Å². The maximum absolute atomic E-state index is 10.2. The Morgan fingerprint density at radius 3 is 1.39 bits per heavy atom. The molecule has 0 aromatic heterocycles. The lowest BCUT2D eigenvalue weighted by molar-refractivity contribution is -0.0702. The zero-order valence-electron chi connectivity index (χ0n) is 29.4. The fraction of sp³-hybridized carbons (Fsp3) is 1.00. The lowest BCUT2D eigenvalue weighted by Crippen LogP contribution is -2.58. The average Bonchev–Trinajstić information content (AvgIpc) is 3.61. The lowest BCUT2D eigenvalue weighted by Gasteiger charge is -2.49. The van der Waals surface area contributed by atoms with E-state index in [0.29, 0.717) is 18.1 Å². The molecule has 4 rings (SSSR count). The molecule has 0 aromatic rings. The van der Waals surface area contributed by atoms with Crippen LogP contribution in [0.4, 0.5) is 0 Å². The predicted octanol–water partition coefficient (Wildman–Crippen LogP) is 6.59. The molecule has 3 aliphatic heterocycles. The topological polar surface area (TPSA) is 70.4 Å². The largest absolute Gasteiger partial charge is 0.392 e. The van der Waals surface area contributed by atoms with Crippen LogP contribution in [-0.2, 0) is 0 Å². The molecular weight excluding hydrogens is 510 g/mol. The van der Waals surface area contributed by atoms with Crippen LogP contribution in [0.1, 0.15) is 154 Å². The molecule has 1 aliphatic carbocycles. The van der Waals surface area contributed by atoms with Crippen LogP contribution in [0, 0.1) is 0 Å². The fourth-order valence-corrected chi connectivity index (χ4v) is 7.52. The summed E-state index contributed by atoms with van der Waals surface area (Å²) in [4.78, 5) is 7.42. The van der Waals surface area contributed by atoms with Gasteiger partial charge in [-0.2, -0.15) is 0 Å². The molecule has 244 valence electrons. The van der Waals surface area contributed by atoms with Crippen molar-refractivity contribution in [3.8, 4) is 0 Å². The molecule has 0 bridgehead atoms. The first kappa shape index (κ1) is 36.9. The second-order valence-corrected chi connectivity index (χ2v) is 17.2. The minimum Gasteiger partial charge on any atom is -0.392 e. The van der Waals surface area contributed by atoms with E-state index in [4.69, 9.17) is 0 Å². The number of aliphatic hydroxyl groups excluding tert-OH is 1. The highest BCUT2D eigenvalue weighted by molar-refractivity contribution is 5.07. The monoisotopic (exact) mass is 582 g/mol. The van der Waals surface area contributed by atoms with Crippen molar-refractivity contribution in [3.63, 3.8) is 0 Å². The van der Waals surface area contributed by atoms with E-state index in [2.05, 4.69) is 77.0 Å². The van der Waals surface area contributed by atoms with Crippen LogP contribution >= 0.6 is 0 Å². The average molecular weight is 582 g/mol. The summed E-state index contributed by atoms with van der Waals surface area (Å²) in [5, 5.41) is 30.0. The van der Waals surface area contributed by atoms with Crippen molar-refractivity contribution in [2.24, 2.45) is 0 Å². The zero-order chi connectivity index (χ0) is 31.4. The van der Waals surface area contributed by atoms with Gasteiger partial charge in [-0.05, 0) is 154 Å². The van der Waals surface area contributed by atoms with Crippen molar-refractivity contribution in [1.29, 1.82) is 0 Å². The van der Waals surface area contributed by atoms with E-state index in [-0.39, 0.29) is 28.3 Å². The van der Waals surface area contributed by atoms with Gasteiger partial charge >= 0.3 is 0 Å². The first-order chi connectivity index (χ1) is 18.6. The molecule has 0 spiro atoms. The van der Waals surface area contributed by atoms with Crippen molar-refractivity contribution in [2.45, 2.75) is 206 Å². The summed E-state index contributed by atoms with van der Waals surface area (Å²) in [7, 11) is 0. The summed E-state index contributed by atoms with van der Waals surface area (Å²) in [6.45, 7) is 29.4. The van der Waals surface area contributed by atoms with Crippen molar-refractivity contribution >= 4 is 0 Å². The Bertz CT molecular complexity index is 694. The Kier molecular flexibility index (Phi) is 12.8. The highest BCUT2D eigenvalue weighted by Gasteiger charge is 2.52. The minimum absolute atomic E-state index is 0.172. The standard InChI is InChI=1S/C12H23NO.C12H25NO.C11H23NO/c1-11(2,3)13-9-5-4-6-10(13)12(14)7-8-12;1-11(2,3)13-9-7-6-8-10(13)12(4,5)14;1-9(13)10-7-5-6-8-12(10)11(2,3)4/h10,14H,4-9H2,1-3H3;10,14H,6-9H2,1-5H3;9-10,13H,5-8H2,1-4H3. The van der Waals surface area contributed by atoms with Gasteiger partial charge in [0, 0.05) is 34.7 Å². The van der Waals surface area contributed by atoms with Crippen LogP contribution in [0.3, 0.4) is 0 Å². The first-order valence-electron chi connectivity index (χ1n) is 17.0. The Morgan fingerprint density at radius 1 is 0.610 bits per heavy atom. The summed E-state index contributed by atoms with van der Waals surface area (Å²) in [5.41, 5.74) is -0.321. The van der Waals surface area contributed by atoms with Crippen LogP contribution in [0.25, 0.3) is 0 Å². The molecule has 0 amide bonds. The van der Waals surface area contributed by atoms with E-state index in [1.54, 1.807) is 0 Å². The molecule has 4 unspecified atom stereocenters. The van der Waals surface area contributed by atoms with E-state index >= 15 is 0 Å². The molecule has 4 aliphatic rings. The van der Waals surface area contributed by atoms with Gasteiger partial charge < -0.3 is 15.3 Å². The molecule has 3 N–H and O–H groups in total. The zero-order valence-corrected chi connectivity index (χ0v) is 29.4. The van der Waals surface area contributed by atoms with Crippen LogP contribution in [0.15, 0.2) is 0 Å². The number of rotatable bonds is 3. The fourth-order valence-electron chi connectivity index (χ4n) is 7.52. The van der Waals surface area contributed by atoms with Crippen molar-refractivity contribution in [1.82, 2.24) is 14.7 Å². The summed E-state index contributed by atoms with van der Waals surface area (Å²) in [6, 6.07) is 1.11. The molecule has 4 fully saturated rings. The number of hydrogen-bond donors (Lipinski definition) is 3. The van der Waals surface area contributed by atoms with E-state index in [9.17, 15) is 15.3 Å². The van der Waals surface area contributed by atoms with E-state index in [1.807, 2.05) is 20.8 Å². The quantitative estimate of drug-likeness (QED) is 0.349. The Morgan fingerprint density at radius 2 is 1.02 bits per heavy atom. The molecule has 3 heterocycles. The third-order valence-electron chi connectivity index (χ3n) is 9.89. The molecule has 0 radical (unpaired) electrons. The van der Waals surface area contributed by atoms with Crippen molar-refractivity contribution in [3.05, 3.63) is 0 Å². The summed E-state index contributed by atoms with van der Waals surface area (Å²) < 4.78 is 0. The Balaban J connectivity index is 0.000000215. The molecular formula is C35H71N3O3. The van der Waals surface area contributed by atoms with Crippen LogP contribution in [0.5, 0.6) is 0 Å². The smallest absolute Gasteiger partial charge is 0.0804 e. The number of likely N-dealkylation sites (tertiary alicyclic amines) is 3. The summed E-state index contributed by atoms with van der Waals surface area (Å²) in [6.07, 6.45) is 13.0. The molecule has 3 saturated heterocycles. The van der Waals surface area contributed by atoms with Crippen LogP contribution in [0.2, 0.25) is 0 Å². The Hall–Kier alpha value is -0.240. The highest BCUT2D eigenvalue weighted by atomic mass is 16.3. The van der Waals surface area contributed by atoms with Gasteiger partial charge in [0.1, 0.15) is 0 Å². The lowest BCUT2D eigenvalue weighted by atomic mass is 9.85. The maximum atomic E-state index is 10.2. The number of piperidine rings is 3. The molecule has 4 atom stereocenters. The predicted molar refractivity (Wildman–Crippen MR) is 174 cm³/mol. The van der Waals surface area contributed by atoms with Gasteiger partial charge in [-0.25, -0.2) is 0 Å². The highest BCUT2D eigenvalue weighted by Crippen LogP contribution is 2.45. The third kappa shape index (κ3) is 11.0. The molecule has 41 heavy (non-hydrogen) atoms. The van der Waals surface area contributed by atoms with E-state index < -0.39 is 5.60 Å². The van der Waals surface area contributed by atoms with Gasteiger partial charge in [0.05, 0.1) is 17.3 Å². The second-order valence-electron chi connectivity index (χ2n) is 17.2. The number of nitrogens with zero attached hydrogens (tertiary/aromatic N) is 3. The number of aliphatic hydroxyl groups is 3. The third-order valence-corrected chi connectivity index (χ3v) is 9.89. The van der Waals surface area contributed by atoms with Gasteiger partial charge in [0.15, 0.2) is 0 Å². The molecule has 0 aromatic carbocycles. The van der Waals surface area contributed by atoms with E-state index in [0.717, 1.165) is 45.3 Å². The maximum Gasteiger partial charge on any atom is 0.0804 e. The van der Waals surface area contributed by atoms with Crippen LogP contribution < -0.4 is 0 Å². The minimum atomic E-state index is -0.576. The normalized spacial score (nSPS) is 29.5. The molecule has 1 saturated carbocycles. The van der Waals surface area contributed by atoms with E-state index in [1.165, 1.54) is 44.9 Å². The van der Waals surface area contributed by atoms with Gasteiger partial charge in [-0.3, -0.25) is 14.7 Å². The SMILES string of the molecule is CC(C)(C)N1CCCCC1C1(O)CC1.CC(C)(O)C1CCCCN1C(C)(C)C.CC(O)C1CCCCN1C(C)(C)C. The van der Waals surface area contributed by atoms with Crippen molar-refractivity contribution < 1.29 is 15.3 Å². The van der Waals surface area contributed by atoms with Gasteiger partial charge in [-0.1, -0.05) is 19.3 Å².